The third kappa shape index (κ3) is 6.27. The Morgan fingerprint density at radius 2 is 1.62 bits per heavy atom. The molecule has 0 bridgehead atoms. The first-order valence-electron chi connectivity index (χ1n) is 12.3. The molecule has 1 fully saturated rings. The van der Waals surface area contributed by atoms with Gasteiger partial charge in [-0.15, -0.1) is 0 Å². The monoisotopic (exact) mass is 458 g/mol. The summed E-state index contributed by atoms with van der Waals surface area (Å²) >= 11 is 0. The van der Waals surface area contributed by atoms with Crippen molar-refractivity contribution in [2.45, 2.75) is 45.1 Å². The molecule has 4 rings (SSSR count). The van der Waals surface area contributed by atoms with Crippen molar-refractivity contribution in [3.8, 4) is 11.5 Å². The fourth-order valence-corrected chi connectivity index (χ4v) is 5.15. The number of aryl methyl sites for hydroxylation is 1. The van der Waals surface area contributed by atoms with Gasteiger partial charge in [0.25, 0.3) is 0 Å². The van der Waals surface area contributed by atoms with Gasteiger partial charge in [-0.25, -0.2) is 4.79 Å². The maximum absolute atomic E-state index is 12.4. The lowest BCUT2D eigenvalue weighted by molar-refractivity contribution is 0.0253. The van der Waals surface area contributed by atoms with Gasteiger partial charge in [-0.2, -0.15) is 0 Å². The van der Waals surface area contributed by atoms with E-state index >= 15 is 0 Å². The Morgan fingerprint density at radius 3 is 2.38 bits per heavy atom. The molecule has 0 N–H and O–H groups in total. The molecule has 0 aromatic heterocycles. The largest absolute Gasteiger partial charge is 0.497 e. The Labute approximate surface area is 202 Å². The van der Waals surface area contributed by atoms with E-state index in [1.54, 1.807) is 19.2 Å². The number of ether oxygens (including phenoxy) is 3. The van der Waals surface area contributed by atoms with Crippen LogP contribution >= 0.6 is 0 Å². The average Bonchev–Trinajstić information content (AvgIpc) is 3.24. The van der Waals surface area contributed by atoms with E-state index in [2.05, 4.69) is 31.2 Å². The quantitative estimate of drug-likeness (QED) is 0.256. The van der Waals surface area contributed by atoms with Crippen molar-refractivity contribution < 1.29 is 19.0 Å². The number of benzene rings is 3. The molecule has 4 heteroatoms. The maximum atomic E-state index is 12.4. The number of hydrogen-bond donors (Lipinski definition) is 0. The number of methoxy groups -OCH3 is 1. The zero-order valence-corrected chi connectivity index (χ0v) is 20.1. The van der Waals surface area contributed by atoms with E-state index in [1.807, 2.05) is 42.5 Å². The van der Waals surface area contributed by atoms with Crippen molar-refractivity contribution >= 4 is 5.97 Å². The van der Waals surface area contributed by atoms with E-state index in [0.29, 0.717) is 29.3 Å². The lowest BCUT2D eigenvalue weighted by Gasteiger charge is -2.25. The number of rotatable bonds is 10. The molecule has 1 saturated carbocycles. The minimum atomic E-state index is -0.330. The van der Waals surface area contributed by atoms with Gasteiger partial charge >= 0.3 is 5.97 Å². The topological polar surface area (TPSA) is 44.8 Å². The van der Waals surface area contributed by atoms with Gasteiger partial charge in [-0.05, 0) is 98.4 Å². The Hall–Kier alpha value is -3.11. The highest BCUT2D eigenvalue weighted by molar-refractivity contribution is 5.90. The standard InChI is InChI=1S/C30H34O4/c1-3-33-29-18-16-25(19-23-10-8-13-26(21-23)32-2)28(29)17-15-22-9-7-14-27(20-22)34-30(31)24-11-5-4-6-12-24/h4-14,20-21,25,28-29H,3,15-19H2,1-2H3/t25-,28-,29?/m1/s1. The van der Waals surface area contributed by atoms with Gasteiger partial charge in [-0.3, -0.25) is 0 Å². The zero-order valence-electron chi connectivity index (χ0n) is 20.1. The summed E-state index contributed by atoms with van der Waals surface area (Å²) in [4.78, 5) is 12.4. The number of carbonyl (C=O) groups excluding carboxylic acids is 1. The first-order chi connectivity index (χ1) is 16.7. The highest BCUT2D eigenvalue weighted by Crippen LogP contribution is 2.39. The molecule has 3 aromatic carbocycles. The van der Waals surface area contributed by atoms with E-state index in [1.165, 1.54) is 17.5 Å². The Balaban J connectivity index is 1.41. The van der Waals surface area contributed by atoms with Crippen LogP contribution in [0, 0.1) is 11.8 Å². The zero-order chi connectivity index (χ0) is 23.8. The summed E-state index contributed by atoms with van der Waals surface area (Å²) in [5.41, 5.74) is 3.06. The van der Waals surface area contributed by atoms with E-state index in [-0.39, 0.29) is 5.97 Å². The van der Waals surface area contributed by atoms with E-state index in [0.717, 1.165) is 38.0 Å². The molecule has 4 nitrogen and oxygen atoms in total. The van der Waals surface area contributed by atoms with Crippen molar-refractivity contribution in [1.29, 1.82) is 0 Å². The normalized spacial score (nSPS) is 19.6. The summed E-state index contributed by atoms with van der Waals surface area (Å²) in [5.74, 6) is 2.26. The third-order valence-corrected chi connectivity index (χ3v) is 6.80. The van der Waals surface area contributed by atoms with Crippen LogP contribution in [0.15, 0.2) is 78.9 Å². The van der Waals surface area contributed by atoms with Crippen LogP contribution < -0.4 is 9.47 Å². The molecule has 0 spiro atoms. The second-order valence-electron chi connectivity index (χ2n) is 8.99. The Bertz CT molecular complexity index is 1060. The number of hydrogen-bond acceptors (Lipinski definition) is 4. The minimum absolute atomic E-state index is 0.305. The molecule has 1 unspecified atom stereocenters. The summed E-state index contributed by atoms with van der Waals surface area (Å²) in [6.07, 6.45) is 5.62. The van der Waals surface area contributed by atoms with Gasteiger partial charge in [0, 0.05) is 6.61 Å². The molecule has 3 atom stereocenters. The molecular weight excluding hydrogens is 424 g/mol. The van der Waals surface area contributed by atoms with Gasteiger partial charge < -0.3 is 14.2 Å². The van der Waals surface area contributed by atoms with Crippen molar-refractivity contribution in [1.82, 2.24) is 0 Å². The van der Waals surface area contributed by atoms with Crippen molar-refractivity contribution in [3.05, 3.63) is 95.6 Å². The predicted molar refractivity (Wildman–Crippen MR) is 134 cm³/mol. The van der Waals surface area contributed by atoms with E-state index < -0.39 is 0 Å². The average molecular weight is 459 g/mol. The molecule has 0 saturated heterocycles. The first-order valence-corrected chi connectivity index (χ1v) is 12.3. The molecule has 0 radical (unpaired) electrons. The molecule has 3 aromatic rings. The van der Waals surface area contributed by atoms with Crippen LogP contribution in [-0.2, 0) is 17.6 Å². The highest BCUT2D eigenvalue weighted by atomic mass is 16.5. The summed E-state index contributed by atoms with van der Waals surface area (Å²) in [7, 11) is 1.72. The van der Waals surface area contributed by atoms with Crippen LogP contribution in [0.4, 0.5) is 0 Å². The second-order valence-corrected chi connectivity index (χ2v) is 8.99. The van der Waals surface area contributed by atoms with Crippen molar-refractivity contribution in [2.75, 3.05) is 13.7 Å². The molecule has 34 heavy (non-hydrogen) atoms. The number of esters is 1. The molecule has 0 heterocycles. The maximum Gasteiger partial charge on any atom is 0.343 e. The molecule has 1 aliphatic carbocycles. The van der Waals surface area contributed by atoms with Gasteiger partial charge in [0.2, 0.25) is 0 Å². The Morgan fingerprint density at radius 1 is 0.882 bits per heavy atom. The van der Waals surface area contributed by atoms with E-state index in [9.17, 15) is 4.79 Å². The SMILES string of the molecule is CCOC1CC[C@H](Cc2cccc(OC)c2)[C@H]1CCc1cccc(OC(=O)c2ccccc2)c1. The van der Waals surface area contributed by atoms with Gasteiger partial charge in [0.05, 0.1) is 18.8 Å². The molecule has 0 aliphatic heterocycles. The fourth-order valence-electron chi connectivity index (χ4n) is 5.15. The van der Waals surface area contributed by atoms with Crippen LogP contribution in [0.25, 0.3) is 0 Å². The van der Waals surface area contributed by atoms with Crippen molar-refractivity contribution in [3.63, 3.8) is 0 Å². The minimum Gasteiger partial charge on any atom is -0.497 e. The lowest BCUT2D eigenvalue weighted by atomic mass is 9.84. The highest BCUT2D eigenvalue weighted by Gasteiger charge is 2.36. The van der Waals surface area contributed by atoms with Crippen LogP contribution in [-0.4, -0.2) is 25.8 Å². The molecule has 1 aliphatic rings. The Kier molecular flexibility index (Phi) is 8.37. The first kappa shape index (κ1) is 24.0. The van der Waals surface area contributed by atoms with Gasteiger partial charge in [0.15, 0.2) is 0 Å². The van der Waals surface area contributed by atoms with Gasteiger partial charge in [0.1, 0.15) is 11.5 Å². The molecule has 178 valence electrons. The fraction of sp³-hybridized carbons (Fsp3) is 0.367. The van der Waals surface area contributed by atoms with E-state index in [4.69, 9.17) is 14.2 Å². The van der Waals surface area contributed by atoms with Crippen LogP contribution in [0.5, 0.6) is 11.5 Å². The molecule has 0 amide bonds. The predicted octanol–water partition coefficient (Wildman–Crippen LogP) is 6.52. The summed E-state index contributed by atoms with van der Waals surface area (Å²) in [5, 5.41) is 0. The molecular formula is C30H34O4. The van der Waals surface area contributed by atoms with Crippen LogP contribution in [0.2, 0.25) is 0 Å². The lowest BCUT2D eigenvalue weighted by Crippen LogP contribution is -2.24. The summed E-state index contributed by atoms with van der Waals surface area (Å²) in [6.45, 7) is 2.83. The van der Waals surface area contributed by atoms with Crippen LogP contribution in [0.3, 0.4) is 0 Å². The summed E-state index contributed by atoms with van der Waals surface area (Å²) < 4.78 is 17.2. The number of carbonyl (C=O) groups is 1. The summed E-state index contributed by atoms with van der Waals surface area (Å²) in [6, 6.07) is 25.4. The van der Waals surface area contributed by atoms with Gasteiger partial charge in [-0.1, -0.05) is 42.5 Å². The third-order valence-electron chi connectivity index (χ3n) is 6.80. The van der Waals surface area contributed by atoms with Crippen LogP contribution in [0.1, 0.15) is 47.7 Å². The second kappa shape index (κ2) is 11.8. The smallest absolute Gasteiger partial charge is 0.343 e. The van der Waals surface area contributed by atoms with Crippen molar-refractivity contribution in [2.24, 2.45) is 11.8 Å².